The number of hydrogen-bond donors (Lipinski definition) is 3. The number of β-amino-alcohol motifs (C(OH)–C–C–N with tert-alkyl or cyclic N) is 1. The number of para-hydroxylation sites is 1. The number of rotatable bonds is 7. The molecule has 3 N–H and O–H groups in total. The second kappa shape index (κ2) is 9.94. The highest BCUT2D eigenvalue weighted by molar-refractivity contribution is 6.01. The van der Waals surface area contributed by atoms with Crippen molar-refractivity contribution in [3.8, 4) is 11.5 Å². The molecule has 0 spiro atoms. The van der Waals surface area contributed by atoms with E-state index in [2.05, 4.69) is 20.6 Å². The maximum Gasteiger partial charge on any atom is 0.323 e. The first kappa shape index (κ1) is 21.9. The number of aliphatic hydroxyl groups excluding tert-OH is 1. The lowest BCUT2D eigenvalue weighted by molar-refractivity contribution is 0.175. The average molecular weight is 458 g/mol. The van der Waals surface area contributed by atoms with Crippen molar-refractivity contribution < 1.29 is 14.6 Å². The first-order chi connectivity index (χ1) is 16.6. The van der Waals surface area contributed by atoms with E-state index in [4.69, 9.17) is 4.74 Å². The molecule has 1 aliphatic rings. The third kappa shape index (κ3) is 5.36. The minimum atomic E-state index is -0.323. The summed E-state index contributed by atoms with van der Waals surface area (Å²) in [6.07, 6.45) is 2.43. The van der Waals surface area contributed by atoms with E-state index >= 15 is 0 Å². The third-order valence-electron chi connectivity index (χ3n) is 5.87. The highest BCUT2D eigenvalue weighted by atomic mass is 16.5. The van der Waals surface area contributed by atoms with Crippen molar-refractivity contribution in [1.82, 2.24) is 14.7 Å². The van der Waals surface area contributed by atoms with Crippen LogP contribution in [0.15, 0.2) is 79.0 Å². The highest BCUT2D eigenvalue weighted by Gasteiger charge is 2.19. The molecule has 34 heavy (non-hydrogen) atoms. The number of hydrogen-bond acceptors (Lipinski definition) is 5. The number of ether oxygens (including phenoxy) is 1. The predicted molar refractivity (Wildman–Crippen MR) is 132 cm³/mol. The zero-order valence-corrected chi connectivity index (χ0v) is 18.7. The molecule has 8 nitrogen and oxygen atoms in total. The fourth-order valence-corrected chi connectivity index (χ4v) is 4.12. The monoisotopic (exact) mass is 457 g/mol. The first-order valence-corrected chi connectivity index (χ1v) is 11.4. The standard InChI is InChI=1S/C26H27N5O3/c32-22-12-13-30(18-22)14-15-31-25-11-8-21(16-19(25)17-27-31)29-26(33)28-20-6-9-24(10-7-20)34-23-4-2-1-3-5-23/h1-11,16-17,22,32H,12-15,18H2,(H2,28,29,33). The molecule has 1 aromatic heterocycles. The molecule has 0 bridgehead atoms. The molecule has 5 rings (SSSR count). The Morgan fingerprint density at radius 3 is 2.47 bits per heavy atom. The van der Waals surface area contributed by atoms with Crippen molar-refractivity contribution in [3.63, 3.8) is 0 Å². The highest BCUT2D eigenvalue weighted by Crippen LogP contribution is 2.23. The van der Waals surface area contributed by atoms with Crippen LogP contribution in [-0.2, 0) is 6.54 Å². The lowest BCUT2D eigenvalue weighted by atomic mass is 10.2. The lowest BCUT2D eigenvalue weighted by Gasteiger charge is -2.15. The van der Waals surface area contributed by atoms with Gasteiger partial charge in [-0.3, -0.25) is 9.58 Å². The Morgan fingerprint density at radius 1 is 0.971 bits per heavy atom. The van der Waals surface area contributed by atoms with E-state index in [1.807, 2.05) is 71.5 Å². The van der Waals surface area contributed by atoms with Crippen molar-refractivity contribution >= 4 is 28.3 Å². The summed E-state index contributed by atoms with van der Waals surface area (Å²) in [7, 11) is 0. The minimum absolute atomic E-state index is 0.213. The zero-order chi connectivity index (χ0) is 23.3. The van der Waals surface area contributed by atoms with Gasteiger partial charge in [-0.05, 0) is 61.0 Å². The van der Waals surface area contributed by atoms with Gasteiger partial charge < -0.3 is 20.5 Å². The second-order valence-corrected chi connectivity index (χ2v) is 8.40. The fraction of sp³-hybridized carbons (Fsp3) is 0.231. The number of carbonyl (C=O) groups excluding carboxylic acids is 1. The summed E-state index contributed by atoms with van der Waals surface area (Å²) < 4.78 is 7.74. The number of aromatic nitrogens is 2. The number of aliphatic hydroxyl groups is 1. The van der Waals surface area contributed by atoms with Gasteiger partial charge in [0.15, 0.2) is 0 Å². The van der Waals surface area contributed by atoms with Crippen LogP contribution in [0.5, 0.6) is 11.5 Å². The average Bonchev–Trinajstić information content (AvgIpc) is 3.45. The van der Waals surface area contributed by atoms with Gasteiger partial charge in [0.25, 0.3) is 0 Å². The second-order valence-electron chi connectivity index (χ2n) is 8.40. The molecule has 3 aromatic carbocycles. The third-order valence-corrected chi connectivity index (χ3v) is 5.87. The Morgan fingerprint density at radius 2 is 1.71 bits per heavy atom. The van der Waals surface area contributed by atoms with E-state index in [9.17, 15) is 9.90 Å². The van der Waals surface area contributed by atoms with E-state index in [1.54, 1.807) is 12.1 Å². The number of amides is 2. The van der Waals surface area contributed by atoms with Gasteiger partial charge in [-0.1, -0.05) is 18.2 Å². The molecule has 2 amide bonds. The van der Waals surface area contributed by atoms with Crippen LogP contribution in [0, 0.1) is 0 Å². The summed E-state index contributed by atoms with van der Waals surface area (Å²) in [6.45, 7) is 3.26. The van der Waals surface area contributed by atoms with Crippen LogP contribution in [0.4, 0.5) is 16.2 Å². The van der Waals surface area contributed by atoms with Crippen molar-refractivity contribution in [3.05, 3.63) is 79.0 Å². The van der Waals surface area contributed by atoms with Gasteiger partial charge in [0.2, 0.25) is 0 Å². The van der Waals surface area contributed by atoms with Gasteiger partial charge in [0, 0.05) is 36.4 Å². The SMILES string of the molecule is O=C(Nc1ccc(Oc2ccccc2)cc1)Nc1ccc2c(cnn2CCN2CCC(O)C2)c1. The first-order valence-electron chi connectivity index (χ1n) is 11.4. The molecule has 0 aliphatic carbocycles. The molecule has 1 atom stereocenters. The summed E-state index contributed by atoms with van der Waals surface area (Å²) in [5, 5.41) is 20.8. The van der Waals surface area contributed by atoms with Gasteiger partial charge in [-0.2, -0.15) is 5.10 Å². The molecule has 1 fully saturated rings. The molecule has 1 aliphatic heterocycles. The number of nitrogens with zero attached hydrogens (tertiary/aromatic N) is 3. The van der Waals surface area contributed by atoms with Crippen LogP contribution >= 0.6 is 0 Å². The van der Waals surface area contributed by atoms with E-state index in [0.29, 0.717) is 17.1 Å². The Balaban J connectivity index is 1.16. The van der Waals surface area contributed by atoms with Crippen LogP contribution in [0.1, 0.15) is 6.42 Å². The lowest BCUT2D eigenvalue weighted by Crippen LogP contribution is -2.26. The van der Waals surface area contributed by atoms with Crippen LogP contribution in [0.25, 0.3) is 10.9 Å². The van der Waals surface area contributed by atoms with E-state index in [0.717, 1.165) is 49.3 Å². The topological polar surface area (TPSA) is 91.7 Å². The number of benzene rings is 3. The predicted octanol–water partition coefficient (Wildman–Crippen LogP) is 4.54. The van der Waals surface area contributed by atoms with E-state index < -0.39 is 0 Å². The van der Waals surface area contributed by atoms with Gasteiger partial charge in [-0.15, -0.1) is 0 Å². The Labute approximate surface area is 197 Å². The molecule has 4 aromatic rings. The molecule has 174 valence electrons. The Bertz CT molecular complexity index is 1260. The maximum absolute atomic E-state index is 12.5. The van der Waals surface area contributed by atoms with Crippen LogP contribution in [-0.4, -0.2) is 51.6 Å². The van der Waals surface area contributed by atoms with Gasteiger partial charge in [0.05, 0.1) is 24.4 Å². The number of likely N-dealkylation sites (tertiary alicyclic amines) is 1. The summed E-state index contributed by atoms with van der Waals surface area (Å²) in [4.78, 5) is 14.7. The van der Waals surface area contributed by atoms with Crippen molar-refractivity contribution in [2.24, 2.45) is 0 Å². The summed E-state index contributed by atoms with van der Waals surface area (Å²) in [6, 6.07) is 22.2. The normalized spacial score (nSPS) is 16.0. The molecule has 1 unspecified atom stereocenters. The molecular weight excluding hydrogens is 430 g/mol. The molecule has 2 heterocycles. The smallest absolute Gasteiger partial charge is 0.323 e. The maximum atomic E-state index is 12.5. The number of carbonyl (C=O) groups is 1. The van der Waals surface area contributed by atoms with Crippen molar-refractivity contribution in [1.29, 1.82) is 0 Å². The van der Waals surface area contributed by atoms with Gasteiger partial charge in [-0.25, -0.2) is 4.79 Å². The van der Waals surface area contributed by atoms with E-state index in [-0.39, 0.29) is 12.1 Å². The summed E-state index contributed by atoms with van der Waals surface area (Å²) in [5.74, 6) is 1.45. The van der Waals surface area contributed by atoms with Crippen LogP contribution in [0.3, 0.4) is 0 Å². The number of anilines is 2. The van der Waals surface area contributed by atoms with Crippen LogP contribution in [0.2, 0.25) is 0 Å². The van der Waals surface area contributed by atoms with Gasteiger partial charge in [0.1, 0.15) is 11.5 Å². The Hall–Kier alpha value is -3.88. The fourth-order valence-electron chi connectivity index (χ4n) is 4.12. The largest absolute Gasteiger partial charge is 0.457 e. The van der Waals surface area contributed by atoms with Crippen LogP contribution < -0.4 is 15.4 Å². The minimum Gasteiger partial charge on any atom is -0.457 e. The molecule has 1 saturated heterocycles. The van der Waals surface area contributed by atoms with E-state index in [1.165, 1.54) is 0 Å². The van der Waals surface area contributed by atoms with Crippen molar-refractivity contribution in [2.45, 2.75) is 19.1 Å². The quantitative estimate of drug-likeness (QED) is 0.379. The van der Waals surface area contributed by atoms with Crippen molar-refractivity contribution in [2.75, 3.05) is 30.3 Å². The summed E-state index contributed by atoms with van der Waals surface area (Å²) in [5.41, 5.74) is 2.37. The van der Waals surface area contributed by atoms with Gasteiger partial charge >= 0.3 is 6.03 Å². The number of urea groups is 1. The Kier molecular flexibility index (Phi) is 6.42. The molecular formula is C26H27N5O3. The molecule has 0 saturated carbocycles. The summed E-state index contributed by atoms with van der Waals surface area (Å²) >= 11 is 0. The zero-order valence-electron chi connectivity index (χ0n) is 18.7. The molecule has 8 heteroatoms. The number of fused-ring (bicyclic) bond motifs is 1. The molecule has 0 radical (unpaired) electrons. The number of nitrogens with one attached hydrogen (secondary N) is 2.